The van der Waals surface area contributed by atoms with Crippen LogP contribution in [-0.4, -0.2) is 0 Å². The molecule has 22 heavy (non-hydrogen) atoms. The van der Waals surface area contributed by atoms with Gasteiger partial charge in [0.25, 0.3) is 0 Å². The third-order valence-electron chi connectivity index (χ3n) is 12.9. The van der Waals surface area contributed by atoms with Crippen molar-refractivity contribution >= 4 is 0 Å². The van der Waals surface area contributed by atoms with Crippen molar-refractivity contribution in [2.45, 2.75) is 26.7 Å². The Labute approximate surface area is 133 Å². The van der Waals surface area contributed by atoms with Gasteiger partial charge in [0.15, 0.2) is 0 Å². The molecule has 9 aliphatic carbocycles. The summed E-state index contributed by atoms with van der Waals surface area (Å²) in [7, 11) is 0. The molecule has 0 aromatic carbocycles. The van der Waals surface area contributed by atoms with E-state index in [2.05, 4.69) is 13.8 Å². The first-order chi connectivity index (χ1) is 10.8. The van der Waals surface area contributed by atoms with E-state index < -0.39 is 0 Å². The normalized spacial score (nSPS) is 90.8. The maximum absolute atomic E-state index is 2.58. The average Bonchev–Trinajstić information content (AvgIpc) is 2.45. The zero-order chi connectivity index (χ0) is 13.8. The minimum atomic E-state index is 1.09. The van der Waals surface area contributed by atoms with Crippen molar-refractivity contribution in [1.82, 2.24) is 0 Å². The molecule has 0 aliphatic heterocycles. The molecule has 0 amide bonds. The van der Waals surface area contributed by atoms with Gasteiger partial charge in [0, 0.05) is 0 Å². The Kier molecular flexibility index (Phi) is 1.31. The molecule has 0 aromatic rings. The fraction of sp³-hybridized carbons (Fsp3) is 1.00. The van der Waals surface area contributed by atoms with E-state index in [9.17, 15) is 0 Å². The Morgan fingerprint density at radius 2 is 0.636 bits per heavy atom. The molecule has 9 rings (SSSR count). The van der Waals surface area contributed by atoms with Crippen molar-refractivity contribution in [1.29, 1.82) is 0 Å². The van der Waals surface area contributed by atoms with Crippen molar-refractivity contribution in [3.8, 4) is 0 Å². The second-order valence-corrected chi connectivity index (χ2v) is 11.7. The first-order valence-electron chi connectivity index (χ1n) is 10.8. The molecule has 9 fully saturated rings. The first-order valence-corrected chi connectivity index (χ1v) is 10.8. The molecule has 0 N–H and O–H groups in total. The molecule has 0 bridgehead atoms. The fourth-order valence-corrected chi connectivity index (χ4v) is 12.3. The lowest BCUT2D eigenvalue weighted by Crippen LogP contribution is -2.92. The fourth-order valence-electron chi connectivity index (χ4n) is 12.3. The van der Waals surface area contributed by atoms with Gasteiger partial charge in [0.2, 0.25) is 0 Å². The predicted molar refractivity (Wildman–Crippen MR) is 83.4 cm³/mol. The molecule has 0 saturated heterocycles. The number of rotatable bonds is 0. The highest BCUT2D eigenvalue weighted by atomic mass is 15.0. The van der Waals surface area contributed by atoms with Crippen LogP contribution in [0.25, 0.3) is 0 Å². The lowest BCUT2D eigenvalue weighted by molar-refractivity contribution is -0.490. The number of fused-ring (bicyclic) bond motifs is 22. The molecular formula is C22H28. The van der Waals surface area contributed by atoms with Crippen LogP contribution in [0.4, 0.5) is 0 Å². The lowest BCUT2D eigenvalue weighted by atomic mass is 9.09. The summed E-state index contributed by atoms with van der Waals surface area (Å²) in [4.78, 5) is 0. The van der Waals surface area contributed by atoms with E-state index in [0.29, 0.717) is 0 Å². The van der Waals surface area contributed by atoms with E-state index in [0.717, 1.165) is 11.8 Å². The molecule has 0 radical (unpaired) electrons. The van der Waals surface area contributed by atoms with Gasteiger partial charge in [-0.3, -0.25) is 0 Å². The zero-order valence-electron chi connectivity index (χ0n) is 13.8. The molecule has 18 atom stereocenters. The second-order valence-electron chi connectivity index (χ2n) is 11.7. The Morgan fingerprint density at radius 1 is 0.364 bits per heavy atom. The summed E-state index contributed by atoms with van der Waals surface area (Å²) in [5.74, 6) is 22.6. The predicted octanol–water partition coefficient (Wildman–Crippen LogP) is 4.02. The highest BCUT2D eigenvalue weighted by molar-refractivity contribution is 5.37. The van der Waals surface area contributed by atoms with Gasteiger partial charge >= 0.3 is 0 Å². The van der Waals surface area contributed by atoms with E-state index in [4.69, 9.17) is 0 Å². The monoisotopic (exact) mass is 292 g/mol. The Bertz CT molecular complexity index is 550. The van der Waals surface area contributed by atoms with Crippen LogP contribution in [0.5, 0.6) is 0 Å². The van der Waals surface area contributed by atoms with E-state index in [1.54, 1.807) is 12.8 Å². The molecule has 0 nitrogen and oxygen atoms in total. The van der Waals surface area contributed by atoms with E-state index in [1.165, 1.54) is 94.7 Å². The highest BCUT2D eigenvalue weighted by Crippen LogP contribution is 2.94. The van der Waals surface area contributed by atoms with Crippen LogP contribution >= 0.6 is 0 Å². The topological polar surface area (TPSA) is 0 Å². The van der Waals surface area contributed by atoms with Crippen LogP contribution in [0, 0.1) is 107 Å². The molecule has 0 aromatic heterocycles. The molecule has 0 heteroatoms. The minimum absolute atomic E-state index is 1.09. The van der Waals surface area contributed by atoms with Crippen molar-refractivity contribution in [3.05, 3.63) is 0 Å². The Hall–Kier alpha value is 0. The van der Waals surface area contributed by atoms with Crippen molar-refractivity contribution in [3.63, 3.8) is 0 Å². The quantitative estimate of drug-likeness (QED) is 0.592. The average molecular weight is 292 g/mol. The van der Waals surface area contributed by atoms with Crippen molar-refractivity contribution in [2.24, 2.45) is 107 Å². The standard InChI is InChI=1S/C22H28/c1-5-6(2)10-9(5)13-14(10)18-17(13)21-19-15-11-7-3-4-8(7)12(11)16(15)20(19)22(18)21/h5-22H,3-4H2,1-2H3/t5-,6?,7+,8?,9-,10?,11+,12?,13-,14?,15+,16?,17-,18?,19+,20?,21+,22?/m0/s1. The van der Waals surface area contributed by atoms with Gasteiger partial charge in [-0.05, 0) is 119 Å². The molecule has 9 saturated carbocycles. The van der Waals surface area contributed by atoms with Gasteiger partial charge in [-0.15, -0.1) is 0 Å². The van der Waals surface area contributed by atoms with Crippen molar-refractivity contribution in [2.75, 3.05) is 0 Å². The largest absolute Gasteiger partial charge is 0.0620 e. The summed E-state index contributed by atoms with van der Waals surface area (Å²) in [6.45, 7) is 5.16. The van der Waals surface area contributed by atoms with Gasteiger partial charge < -0.3 is 0 Å². The molecule has 0 heterocycles. The highest BCUT2D eigenvalue weighted by Gasteiger charge is 2.91. The number of hydrogen-bond acceptors (Lipinski definition) is 0. The van der Waals surface area contributed by atoms with Gasteiger partial charge in [-0.2, -0.15) is 0 Å². The summed E-state index contributed by atoms with van der Waals surface area (Å²) < 4.78 is 0. The Morgan fingerprint density at radius 3 is 0.955 bits per heavy atom. The smallest absolute Gasteiger partial charge is 0.0312 e. The summed E-state index contributed by atoms with van der Waals surface area (Å²) in [5.41, 5.74) is 0. The summed E-state index contributed by atoms with van der Waals surface area (Å²) in [5, 5.41) is 0. The van der Waals surface area contributed by atoms with Gasteiger partial charge in [0.05, 0.1) is 0 Å². The molecule has 9 unspecified atom stereocenters. The zero-order valence-corrected chi connectivity index (χ0v) is 13.8. The van der Waals surface area contributed by atoms with Crippen LogP contribution in [0.15, 0.2) is 0 Å². The van der Waals surface area contributed by atoms with Crippen LogP contribution in [0.2, 0.25) is 0 Å². The second kappa shape index (κ2) is 2.68. The van der Waals surface area contributed by atoms with Gasteiger partial charge in [0.1, 0.15) is 0 Å². The Balaban J connectivity index is 1.05. The summed E-state index contributed by atoms with van der Waals surface area (Å²) >= 11 is 0. The van der Waals surface area contributed by atoms with E-state index in [-0.39, 0.29) is 0 Å². The number of hydrogen-bond donors (Lipinski definition) is 0. The van der Waals surface area contributed by atoms with Crippen molar-refractivity contribution < 1.29 is 0 Å². The van der Waals surface area contributed by atoms with Gasteiger partial charge in [-0.25, -0.2) is 0 Å². The lowest BCUT2D eigenvalue weighted by Gasteiger charge is -2.96. The first kappa shape index (κ1) is 10.8. The van der Waals surface area contributed by atoms with Crippen LogP contribution in [-0.2, 0) is 0 Å². The van der Waals surface area contributed by atoms with Crippen LogP contribution < -0.4 is 0 Å². The SMILES string of the molecule is CC1C2C3C4C5C6C7C8C9CC[C@H]9[C@H]8[C@H]7[C@H]6[C@H]5[C@H]4[C@H]3[C@H]2[C@H]1C. The summed E-state index contributed by atoms with van der Waals surface area (Å²) in [6, 6.07) is 0. The third-order valence-corrected chi connectivity index (χ3v) is 12.9. The maximum Gasteiger partial charge on any atom is -0.0312 e. The maximum atomic E-state index is 2.58. The molecule has 0 spiro atoms. The molecule has 9 aliphatic rings. The third kappa shape index (κ3) is 0.655. The van der Waals surface area contributed by atoms with Crippen LogP contribution in [0.3, 0.4) is 0 Å². The minimum Gasteiger partial charge on any atom is -0.0620 e. The molecule has 116 valence electrons. The summed E-state index contributed by atoms with van der Waals surface area (Å²) in [6.07, 6.45) is 3.27. The molecular weight excluding hydrogens is 264 g/mol. The van der Waals surface area contributed by atoms with E-state index in [1.807, 2.05) is 0 Å². The van der Waals surface area contributed by atoms with Crippen LogP contribution in [0.1, 0.15) is 26.7 Å². The van der Waals surface area contributed by atoms with Gasteiger partial charge in [-0.1, -0.05) is 13.8 Å². The van der Waals surface area contributed by atoms with E-state index >= 15 is 0 Å².